The number of hydrogen-bond donors (Lipinski definition) is 4. The molecule has 0 fully saturated rings. The largest absolute Gasteiger partial charge is 1.00 e. The van der Waals surface area contributed by atoms with Gasteiger partial charge in [0.1, 0.15) is 31.7 Å². The quantitative estimate of drug-likeness (QED) is 0.0911. The first-order valence-electron chi connectivity index (χ1n) is 14.4. The van der Waals surface area contributed by atoms with Crippen molar-refractivity contribution in [2.45, 2.75) is 0 Å². The Morgan fingerprint density at radius 3 is 1.25 bits per heavy atom. The predicted octanol–water partition coefficient (Wildman–Crippen LogP) is -1.56. The summed E-state index contributed by atoms with van der Waals surface area (Å²) in [6, 6.07) is 23.8. The summed E-state index contributed by atoms with van der Waals surface area (Å²) < 4.78 is 72.5. The van der Waals surface area contributed by atoms with Gasteiger partial charge in [0, 0.05) is 22.5 Å². The molecule has 0 saturated heterocycles. The minimum Gasteiger partial charge on any atom is -0.744 e. The molecule has 0 aromatic heterocycles. The van der Waals surface area contributed by atoms with Crippen molar-refractivity contribution in [3.63, 3.8) is 0 Å². The van der Waals surface area contributed by atoms with Gasteiger partial charge in [0.05, 0.1) is 21.2 Å². The minimum atomic E-state index is -5.15. The van der Waals surface area contributed by atoms with Crippen molar-refractivity contribution in [3.8, 4) is 0 Å². The van der Waals surface area contributed by atoms with Crippen LogP contribution in [0.2, 0.25) is 0 Å². The Hall–Kier alpha value is -4.27. The van der Waals surface area contributed by atoms with Gasteiger partial charge in [-0.05, 0) is 83.9 Å². The number of rotatable bonds is 8. The number of para-hydroxylation sites is 2. The number of allylic oxidation sites excluding steroid dienone is 2. The van der Waals surface area contributed by atoms with Crippen LogP contribution in [0.1, 0.15) is 31.8 Å². The summed E-state index contributed by atoms with van der Waals surface area (Å²) in [4.78, 5) is 37.6. The molecule has 15 nitrogen and oxygen atoms in total. The third kappa shape index (κ3) is 9.20. The van der Waals surface area contributed by atoms with Gasteiger partial charge in [-0.3, -0.25) is 20.4 Å². The van der Waals surface area contributed by atoms with Crippen LogP contribution in [0.3, 0.4) is 0 Å². The van der Waals surface area contributed by atoms with Gasteiger partial charge in [-0.15, -0.1) is 0 Å². The molecular weight excluding hydrogens is 735 g/mol. The molecule has 252 valence electrons. The van der Waals surface area contributed by atoms with Gasteiger partial charge >= 0.3 is 65.1 Å². The van der Waals surface area contributed by atoms with E-state index in [-0.39, 0.29) is 92.7 Å². The van der Waals surface area contributed by atoms with Crippen molar-refractivity contribution >= 4 is 84.2 Å². The van der Waals surface area contributed by atoms with Gasteiger partial charge < -0.3 is 19.7 Å². The molecule has 19 heteroatoms. The van der Waals surface area contributed by atoms with Gasteiger partial charge in [-0.25, -0.2) is 21.6 Å². The summed E-state index contributed by atoms with van der Waals surface area (Å²) in [6.45, 7) is 0. The fourth-order valence-corrected chi connectivity index (χ4v) is 6.28. The molecule has 2 amide bonds. The Kier molecular flexibility index (Phi) is 12.9. The molecule has 52 heavy (non-hydrogen) atoms. The maximum atomic E-state index is 13.2. The molecule has 2 aliphatic carbocycles. The first-order valence-corrected chi connectivity index (χ1v) is 17.2. The second-order valence-corrected chi connectivity index (χ2v) is 13.3. The van der Waals surface area contributed by atoms with Crippen LogP contribution in [-0.2, 0) is 20.2 Å². The zero-order chi connectivity index (χ0) is 35.6. The number of benzene rings is 4. The summed E-state index contributed by atoms with van der Waals surface area (Å²) in [6.07, 6.45) is 1.96. The fraction of sp³-hybridized carbons (Fsp3) is 0. The molecule has 6 rings (SSSR count). The van der Waals surface area contributed by atoms with E-state index in [0.717, 1.165) is 12.2 Å². The number of ketones is 2. The van der Waals surface area contributed by atoms with E-state index in [1.165, 1.54) is 36.4 Å². The van der Waals surface area contributed by atoms with Crippen LogP contribution in [0.4, 0.5) is 27.5 Å². The third-order valence-corrected chi connectivity index (χ3v) is 8.96. The van der Waals surface area contributed by atoms with Crippen LogP contribution in [0.5, 0.6) is 0 Å². The second kappa shape index (κ2) is 16.6. The number of anilines is 4. The van der Waals surface area contributed by atoms with Crippen molar-refractivity contribution in [1.29, 1.82) is 0 Å². The van der Waals surface area contributed by atoms with Crippen molar-refractivity contribution < 1.29 is 99.4 Å². The molecule has 0 spiro atoms. The van der Waals surface area contributed by atoms with Crippen molar-refractivity contribution in [2.75, 3.05) is 21.5 Å². The van der Waals surface area contributed by atoms with E-state index in [9.17, 15) is 40.3 Å². The number of amides is 2. The molecule has 0 aliphatic heterocycles. The summed E-state index contributed by atoms with van der Waals surface area (Å²) in [5.74, 6) is -1.67. The molecular formula is C33H22N6Na2O9S2. The summed E-state index contributed by atoms with van der Waals surface area (Å²) in [5, 5.41) is 12.8. The van der Waals surface area contributed by atoms with Crippen LogP contribution in [-0.4, -0.2) is 55.0 Å². The molecule has 0 bridgehead atoms. The molecule has 4 aromatic carbocycles. The van der Waals surface area contributed by atoms with Gasteiger partial charge in [0.15, 0.2) is 0 Å². The molecule has 0 saturated carbocycles. The summed E-state index contributed by atoms with van der Waals surface area (Å²) in [5.41, 5.74) is 5.13. The molecule has 4 N–H and O–H groups in total. The van der Waals surface area contributed by atoms with Crippen LogP contribution in [0.25, 0.3) is 12.2 Å². The van der Waals surface area contributed by atoms with E-state index in [1.807, 2.05) is 0 Å². The number of hydrazone groups is 2. The molecule has 0 atom stereocenters. The second-order valence-electron chi connectivity index (χ2n) is 10.6. The predicted molar refractivity (Wildman–Crippen MR) is 185 cm³/mol. The average Bonchev–Trinajstić information content (AvgIpc) is 3.07. The maximum absolute atomic E-state index is 13.2. The van der Waals surface area contributed by atoms with E-state index < -0.39 is 59.1 Å². The summed E-state index contributed by atoms with van der Waals surface area (Å²) >= 11 is 0. The molecule has 0 radical (unpaired) electrons. The van der Waals surface area contributed by atoms with E-state index in [0.29, 0.717) is 11.4 Å². The number of carbonyl (C=O) groups is 3. The summed E-state index contributed by atoms with van der Waals surface area (Å²) in [7, 11) is -10.3. The Bertz CT molecular complexity index is 2270. The third-order valence-electron chi connectivity index (χ3n) is 7.26. The van der Waals surface area contributed by atoms with E-state index >= 15 is 0 Å². The van der Waals surface area contributed by atoms with Gasteiger partial charge in [0.25, 0.3) is 0 Å². The standard InChI is InChI=1S/C33H24N6O9S2.2Na/c40-31-25-13-11-23(15-19(25)17-27(49(43,44)45)29(31)38-36-21-7-3-1-4-8-21)34-33(42)35-24-12-14-26-20(16-24)18-28(50(46,47)48)30(32(26)41)39-37-22-9-5-2-6-10-22;;/h1-18,36-37H,(H2,34,35,42)(H,43,44,45)(H,46,47,48);;/q;2*+1/p-2/b38-29+,39-30+;;. The van der Waals surface area contributed by atoms with Crippen LogP contribution >= 0.6 is 0 Å². The molecule has 0 unspecified atom stereocenters. The Balaban J connectivity index is 0.00000302. The molecule has 4 aromatic rings. The number of Topliss-reactive ketones (excluding diaryl/α,β-unsaturated/α-hetero) is 2. The van der Waals surface area contributed by atoms with Crippen molar-refractivity contribution in [1.82, 2.24) is 0 Å². The van der Waals surface area contributed by atoms with Gasteiger partial charge in [-0.1, -0.05) is 36.4 Å². The van der Waals surface area contributed by atoms with Gasteiger partial charge in [0.2, 0.25) is 11.6 Å². The zero-order valence-electron chi connectivity index (χ0n) is 27.3. The van der Waals surface area contributed by atoms with Crippen LogP contribution in [0, 0.1) is 0 Å². The van der Waals surface area contributed by atoms with Crippen molar-refractivity contribution in [2.24, 2.45) is 10.2 Å². The Morgan fingerprint density at radius 1 is 0.538 bits per heavy atom. The van der Waals surface area contributed by atoms with E-state index in [4.69, 9.17) is 0 Å². The number of fused-ring (bicyclic) bond motifs is 2. The number of nitrogens with zero attached hydrogens (tertiary/aromatic N) is 2. The fourth-order valence-electron chi connectivity index (χ4n) is 4.98. The van der Waals surface area contributed by atoms with Crippen LogP contribution in [0.15, 0.2) is 117 Å². The number of carbonyl (C=O) groups excluding carboxylic acids is 3. The Morgan fingerprint density at radius 2 is 0.904 bits per heavy atom. The van der Waals surface area contributed by atoms with Gasteiger partial charge in [-0.2, -0.15) is 10.2 Å². The Labute approximate surface area is 341 Å². The maximum Gasteiger partial charge on any atom is 1.00 e. The van der Waals surface area contributed by atoms with E-state index in [2.05, 4.69) is 31.7 Å². The number of nitrogens with one attached hydrogen (secondary N) is 4. The smallest absolute Gasteiger partial charge is 0.744 e. The first kappa shape index (κ1) is 40.5. The average molecular weight is 757 g/mol. The topological polar surface area (TPSA) is 238 Å². The van der Waals surface area contributed by atoms with E-state index in [1.54, 1.807) is 60.7 Å². The minimum absolute atomic E-state index is 0. The normalized spacial score (nSPS) is 15.2. The SMILES string of the molecule is O=C(Nc1ccc2c(c1)C=C(S(=O)(=O)[O-])/C(=N\Nc1ccccc1)C2=O)Nc1ccc2c(c1)C=C(S(=O)(=O)[O-])/C(=N\Nc1ccccc1)C2=O.[Na+].[Na+]. The van der Waals surface area contributed by atoms with Crippen LogP contribution < -0.4 is 80.6 Å². The number of urea groups is 1. The monoisotopic (exact) mass is 756 g/mol. The molecule has 0 heterocycles. The number of hydrogen-bond acceptors (Lipinski definition) is 13. The first-order chi connectivity index (χ1) is 23.8. The zero-order valence-corrected chi connectivity index (χ0v) is 32.9. The molecule has 2 aliphatic rings. The van der Waals surface area contributed by atoms with Crippen molar-refractivity contribution in [3.05, 3.63) is 129 Å².